The fraction of sp³-hybridized carbons (Fsp3) is 0.462. The Morgan fingerprint density at radius 2 is 2.06 bits per heavy atom. The Bertz CT molecular complexity index is 361. The average molecular weight is 221 g/mol. The second-order valence-electron chi connectivity index (χ2n) is 3.80. The van der Waals surface area contributed by atoms with E-state index in [0.29, 0.717) is 17.9 Å². The molecule has 1 rings (SSSR count). The van der Waals surface area contributed by atoms with Crippen LogP contribution < -0.4 is 5.73 Å². The van der Waals surface area contributed by atoms with E-state index in [1.807, 2.05) is 13.0 Å². The molecule has 0 atom stereocenters. The maximum absolute atomic E-state index is 11.5. The van der Waals surface area contributed by atoms with Crippen LogP contribution in [0.25, 0.3) is 0 Å². The first-order valence-electron chi connectivity index (χ1n) is 5.74. The van der Waals surface area contributed by atoms with Gasteiger partial charge in [0.2, 0.25) is 0 Å². The quantitative estimate of drug-likeness (QED) is 0.614. The van der Waals surface area contributed by atoms with Crippen molar-refractivity contribution < 1.29 is 9.53 Å². The van der Waals surface area contributed by atoms with Gasteiger partial charge < -0.3 is 10.5 Å². The minimum atomic E-state index is -0.295. The number of ether oxygens (including phenoxy) is 1. The van der Waals surface area contributed by atoms with Crippen molar-refractivity contribution >= 4 is 11.7 Å². The summed E-state index contributed by atoms with van der Waals surface area (Å²) in [5.41, 5.74) is 8.17. The summed E-state index contributed by atoms with van der Waals surface area (Å²) in [6.07, 6.45) is 2.81. The molecule has 0 spiro atoms. The van der Waals surface area contributed by atoms with Crippen LogP contribution in [0.4, 0.5) is 5.69 Å². The molecular formula is C13H19NO2. The molecule has 88 valence electrons. The van der Waals surface area contributed by atoms with E-state index in [1.54, 1.807) is 12.1 Å². The fourth-order valence-corrected chi connectivity index (χ4v) is 1.50. The summed E-state index contributed by atoms with van der Waals surface area (Å²) in [4.78, 5) is 11.5. The van der Waals surface area contributed by atoms with Crippen molar-refractivity contribution in [1.29, 1.82) is 0 Å². The summed E-state index contributed by atoms with van der Waals surface area (Å²) < 4.78 is 5.04. The lowest BCUT2D eigenvalue weighted by Crippen LogP contribution is -2.07. The van der Waals surface area contributed by atoms with E-state index in [1.165, 1.54) is 0 Å². The van der Waals surface area contributed by atoms with E-state index in [2.05, 4.69) is 6.92 Å². The first kappa shape index (κ1) is 12.6. The maximum Gasteiger partial charge on any atom is 0.338 e. The van der Waals surface area contributed by atoms with Gasteiger partial charge in [-0.25, -0.2) is 4.79 Å². The standard InChI is InChI=1S/C13H19NO2/c1-3-5-10-6-7-11(9-12(10)14)13(15)16-8-4-2/h6-7,9H,3-5,8,14H2,1-2H3. The third kappa shape index (κ3) is 3.26. The molecule has 1 aromatic rings. The van der Waals surface area contributed by atoms with Crippen molar-refractivity contribution in [2.75, 3.05) is 12.3 Å². The van der Waals surface area contributed by atoms with Crippen LogP contribution in [0.3, 0.4) is 0 Å². The zero-order valence-electron chi connectivity index (χ0n) is 9.95. The number of rotatable bonds is 5. The molecule has 16 heavy (non-hydrogen) atoms. The second kappa shape index (κ2) is 6.16. The predicted molar refractivity (Wildman–Crippen MR) is 65.4 cm³/mol. The van der Waals surface area contributed by atoms with E-state index >= 15 is 0 Å². The molecule has 3 nitrogen and oxygen atoms in total. The highest BCUT2D eigenvalue weighted by Gasteiger charge is 2.08. The van der Waals surface area contributed by atoms with Crippen LogP contribution in [0, 0.1) is 0 Å². The van der Waals surface area contributed by atoms with Crippen LogP contribution in [0.2, 0.25) is 0 Å². The number of carbonyl (C=O) groups is 1. The van der Waals surface area contributed by atoms with E-state index in [-0.39, 0.29) is 5.97 Å². The van der Waals surface area contributed by atoms with Crippen molar-refractivity contribution in [2.24, 2.45) is 0 Å². The number of benzene rings is 1. The molecule has 0 aliphatic rings. The third-order valence-corrected chi connectivity index (χ3v) is 2.34. The third-order valence-electron chi connectivity index (χ3n) is 2.34. The molecule has 0 aliphatic heterocycles. The summed E-state index contributed by atoms with van der Waals surface area (Å²) in [5.74, 6) is -0.295. The largest absolute Gasteiger partial charge is 0.462 e. The van der Waals surface area contributed by atoms with Gasteiger partial charge in [0.05, 0.1) is 12.2 Å². The molecule has 0 saturated heterocycles. The Hall–Kier alpha value is -1.51. The normalized spacial score (nSPS) is 10.1. The SMILES string of the molecule is CCCOC(=O)c1ccc(CCC)c(N)c1. The number of esters is 1. The summed E-state index contributed by atoms with van der Waals surface area (Å²) in [6, 6.07) is 5.38. The van der Waals surface area contributed by atoms with E-state index in [9.17, 15) is 4.79 Å². The van der Waals surface area contributed by atoms with Gasteiger partial charge in [-0.2, -0.15) is 0 Å². The Morgan fingerprint density at radius 1 is 1.31 bits per heavy atom. The maximum atomic E-state index is 11.5. The summed E-state index contributed by atoms with van der Waals surface area (Å²) in [7, 11) is 0. The van der Waals surface area contributed by atoms with Gasteiger partial charge in [0.1, 0.15) is 0 Å². The molecule has 3 heteroatoms. The Labute approximate surface area is 96.6 Å². The van der Waals surface area contributed by atoms with E-state index < -0.39 is 0 Å². The molecule has 0 unspecified atom stereocenters. The van der Waals surface area contributed by atoms with Crippen LogP contribution in [-0.4, -0.2) is 12.6 Å². The van der Waals surface area contributed by atoms with Crippen LogP contribution in [0.1, 0.15) is 42.6 Å². The van der Waals surface area contributed by atoms with Crippen molar-refractivity contribution in [2.45, 2.75) is 33.1 Å². The van der Waals surface area contributed by atoms with Gasteiger partial charge in [-0.05, 0) is 30.5 Å². The van der Waals surface area contributed by atoms with Crippen LogP contribution >= 0.6 is 0 Å². The number of hydrogen-bond acceptors (Lipinski definition) is 3. The van der Waals surface area contributed by atoms with Gasteiger partial charge in [0, 0.05) is 5.69 Å². The number of hydrogen-bond donors (Lipinski definition) is 1. The lowest BCUT2D eigenvalue weighted by molar-refractivity contribution is 0.0505. The van der Waals surface area contributed by atoms with Crippen LogP contribution in [-0.2, 0) is 11.2 Å². The van der Waals surface area contributed by atoms with Gasteiger partial charge in [-0.3, -0.25) is 0 Å². The van der Waals surface area contributed by atoms with Crippen molar-refractivity contribution in [3.8, 4) is 0 Å². The molecule has 0 bridgehead atoms. The highest BCUT2D eigenvalue weighted by atomic mass is 16.5. The van der Waals surface area contributed by atoms with Crippen LogP contribution in [0.5, 0.6) is 0 Å². The van der Waals surface area contributed by atoms with Crippen LogP contribution in [0.15, 0.2) is 18.2 Å². The molecule has 0 aromatic heterocycles. The molecule has 0 saturated carbocycles. The Morgan fingerprint density at radius 3 is 2.62 bits per heavy atom. The average Bonchev–Trinajstić information content (AvgIpc) is 2.29. The molecule has 0 heterocycles. The Balaban J connectivity index is 2.76. The topological polar surface area (TPSA) is 52.3 Å². The zero-order valence-corrected chi connectivity index (χ0v) is 9.95. The monoisotopic (exact) mass is 221 g/mol. The van der Waals surface area contributed by atoms with E-state index in [0.717, 1.165) is 24.8 Å². The number of aryl methyl sites for hydroxylation is 1. The number of nitrogen functional groups attached to an aromatic ring is 1. The summed E-state index contributed by atoms with van der Waals surface area (Å²) in [6.45, 7) is 4.52. The summed E-state index contributed by atoms with van der Waals surface area (Å²) in [5, 5.41) is 0. The molecule has 0 radical (unpaired) electrons. The van der Waals surface area contributed by atoms with Gasteiger partial charge in [-0.1, -0.05) is 26.3 Å². The summed E-state index contributed by atoms with van der Waals surface area (Å²) >= 11 is 0. The van der Waals surface area contributed by atoms with Gasteiger partial charge in [0.25, 0.3) is 0 Å². The Kier molecular flexibility index (Phi) is 4.83. The predicted octanol–water partition coefficient (Wildman–Crippen LogP) is 2.79. The van der Waals surface area contributed by atoms with Crippen molar-refractivity contribution in [3.63, 3.8) is 0 Å². The minimum Gasteiger partial charge on any atom is -0.462 e. The fourth-order valence-electron chi connectivity index (χ4n) is 1.50. The minimum absolute atomic E-state index is 0.295. The number of nitrogens with two attached hydrogens (primary N) is 1. The lowest BCUT2D eigenvalue weighted by Gasteiger charge is -2.07. The van der Waals surface area contributed by atoms with Crippen molar-refractivity contribution in [3.05, 3.63) is 29.3 Å². The highest BCUT2D eigenvalue weighted by molar-refractivity contribution is 5.90. The molecule has 0 fully saturated rings. The molecular weight excluding hydrogens is 202 g/mol. The number of anilines is 1. The molecule has 0 amide bonds. The smallest absolute Gasteiger partial charge is 0.338 e. The molecule has 2 N–H and O–H groups in total. The zero-order chi connectivity index (χ0) is 12.0. The van der Waals surface area contributed by atoms with Gasteiger partial charge in [0.15, 0.2) is 0 Å². The molecule has 1 aromatic carbocycles. The lowest BCUT2D eigenvalue weighted by atomic mass is 10.1. The number of carbonyl (C=O) groups excluding carboxylic acids is 1. The molecule has 0 aliphatic carbocycles. The first-order chi connectivity index (χ1) is 7.69. The van der Waals surface area contributed by atoms with E-state index in [4.69, 9.17) is 10.5 Å². The van der Waals surface area contributed by atoms with Gasteiger partial charge in [-0.15, -0.1) is 0 Å². The highest BCUT2D eigenvalue weighted by Crippen LogP contribution is 2.16. The second-order valence-corrected chi connectivity index (χ2v) is 3.80. The van der Waals surface area contributed by atoms with Crippen molar-refractivity contribution in [1.82, 2.24) is 0 Å². The van der Waals surface area contributed by atoms with Gasteiger partial charge >= 0.3 is 5.97 Å². The first-order valence-corrected chi connectivity index (χ1v) is 5.74.